The first-order chi connectivity index (χ1) is 9.83. The Bertz CT molecular complexity index is 472. The normalized spacial score (nSPS) is 22.0. The third-order valence-electron chi connectivity index (χ3n) is 4.69. The van der Waals surface area contributed by atoms with Crippen molar-refractivity contribution in [2.75, 3.05) is 6.54 Å². The van der Waals surface area contributed by atoms with Gasteiger partial charge in [0.05, 0.1) is 6.04 Å². The summed E-state index contributed by atoms with van der Waals surface area (Å²) in [5.41, 5.74) is 2.63. The lowest BCUT2D eigenvalue weighted by molar-refractivity contribution is -0.123. The summed E-state index contributed by atoms with van der Waals surface area (Å²) in [6.07, 6.45) is 7.39. The highest BCUT2D eigenvalue weighted by molar-refractivity contribution is 5.85. The van der Waals surface area contributed by atoms with Gasteiger partial charge in [-0.1, -0.05) is 43.5 Å². The average molecular weight is 309 g/mol. The van der Waals surface area contributed by atoms with E-state index < -0.39 is 0 Å². The zero-order chi connectivity index (χ0) is 13.8. The van der Waals surface area contributed by atoms with E-state index in [-0.39, 0.29) is 24.4 Å². The van der Waals surface area contributed by atoms with Gasteiger partial charge in [-0.05, 0) is 36.3 Å². The first-order valence-corrected chi connectivity index (χ1v) is 7.91. The minimum atomic E-state index is -0.0616. The molecule has 1 heterocycles. The van der Waals surface area contributed by atoms with Crippen molar-refractivity contribution in [3.63, 3.8) is 0 Å². The molecule has 1 aromatic carbocycles. The zero-order valence-electron chi connectivity index (χ0n) is 12.4. The molecule has 1 aromatic rings. The van der Waals surface area contributed by atoms with Gasteiger partial charge in [-0.25, -0.2) is 0 Å². The zero-order valence-corrected chi connectivity index (χ0v) is 13.3. The average Bonchev–Trinajstić information content (AvgIpc) is 2.53. The molecule has 1 atom stereocenters. The second-order valence-electron chi connectivity index (χ2n) is 6.16. The number of hydrogen-bond acceptors (Lipinski definition) is 2. The van der Waals surface area contributed by atoms with Crippen LogP contribution in [0, 0.1) is 5.92 Å². The van der Waals surface area contributed by atoms with Gasteiger partial charge in [-0.3, -0.25) is 4.79 Å². The highest BCUT2D eigenvalue weighted by atomic mass is 35.5. The van der Waals surface area contributed by atoms with Crippen LogP contribution in [0.2, 0.25) is 0 Å². The molecule has 0 saturated heterocycles. The third kappa shape index (κ3) is 4.21. The molecule has 1 unspecified atom stereocenters. The minimum Gasteiger partial charge on any atom is -0.354 e. The van der Waals surface area contributed by atoms with E-state index in [0.29, 0.717) is 5.92 Å². The topological polar surface area (TPSA) is 41.1 Å². The van der Waals surface area contributed by atoms with Crippen molar-refractivity contribution in [1.82, 2.24) is 10.6 Å². The first-order valence-electron chi connectivity index (χ1n) is 7.91. The van der Waals surface area contributed by atoms with Crippen LogP contribution in [0.1, 0.15) is 43.2 Å². The second-order valence-corrected chi connectivity index (χ2v) is 6.16. The van der Waals surface area contributed by atoms with Crippen LogP contribution in [-0.2, 0) is 17.8 Å². The van der Waals surface area contributed by atoms with Crippen LogP contribution in [0.4, 0.5) is 0 Å². The number of amides is 1. The van der Waals surface area contributed by atoms with Crippen LogP contribution in [0.25, 0.3) is 0 Å². The highest BCUT2D eigenvalue weighted by Crippen LogP contribution is 2.23. The van der Waals surface area contributed by atoms with E-state index >= 15 is 0 Å². The van der Waals surface area contributed by atoms with Crippen LogP contribution in [0.5, 0.6) is 0 Å². The fraction of sp³-hybridized carbons (Fsp3) is 0.588. The Kier molecular flexibility index (Phi) is 6.07. The van der Waals surface area contributed by atoms with Gasteiger partial charge in [0.25, 0.3) is 0 Å². The fourth-order valence-electron chi connectivity index (χ4n) is 3.40. The maximum atomic E-state index is 12.3. The lowest BCUT2D eigenvalue weighted by atomic mass is 9.89. The van der Waals surface area contributed by atoms with Crippen molar-refractivity contribution in [2.24, 2.45) is 5.92 Å². The molecule has 1 fully saturated rings. The summed E-state index contributed by atoms with van der Waals surface area (Å²) < 4.78 is 0. The molecule has 0 bridgehead atoms. The third-order valence-corrected chi connectivity index (χ3v) is 4.69. The fourth-order valence-corrected chi connectivity index (χ4v) is 3.40. The van der Waals surface area contributed by atoms with Crippen molar-refractivity contribution in [2.45, 2.75) is 51.1 Å². The Morgan fingerprint density at radius 1 is 1.14 bits per heavy atom. The van der Waals surface area contributed by atoms with E-state index in [2.05, 4.69) is 34.9 Å². The molecule has 0 radical (unpaired) electrons. The molecule has 1 aliphatic carbocycles. The van der Waals surface area contributed by atoms with Crippen molar-refractivity contribution in [1.29, 1.82) is 0 Å². The van der Waals surface area contributed by atoms with Gasteiger partial charge in [0.1, 0.15) is 0 Å². The number of carbonyl (C=O) groups excluding carboxylic acids is 1. The molecule has 21 heavy (non-hydrogen) atoms. The second kappa shape index (κ2) is 7.81. The van der Waals surface area contributed by atoms with Crippen molar-refractivity contribution in [3.05, 3.63) is 35.4 Å². The molecule has 1 saturated carbocycles. The van der Waals surface area contributed by atoms with Gasteiger partial charge in [0.15, 0.2) is 0 Å². The molecule has 3 rings (SSSR count). The summed E-state index contributed by atoms with van der Waals surface area (Å²) in [6.45, 7) is 1.66. The van der Waals surface area contributed by atoms with Crippen LogP contribution in [-0.4, -0.2) is 18.5 Å². The molecule has 4 heteroatoms. The summed E-state index contributed by atoms with van der Waals surface area (Å²) >= 11 is 0. The summed E-state index contributed by atoms with van der Waals surface area (Å²) in [4.78, 5) is 12.3. The maximum absolute atomic E-state index is 12.3. The molecular formula is C17H25ClN2O. The number of hydrogen-bond donors (Lipinski definition) is 2. The predicted octanol–water partition coefficient (Wildman–Crippen LogP) is 2.82. The lowest BCUT2D eigenvalue weighted by Gasteiger charge is -2.27. The maximum Gasteiger partial charge on any atom is 0.237 e. The Morgan fingerprint density at radius 2 is 1.86 bits per heavy atom. The Hall–Kier alpha value is -1.06. The molecule has 0 aromatic heterocycles. The van der Waals surface area contributed by atoms with Gasteiger partial charge >= 0.3 is 0 Å². The Balaban J connectivity index is 0.00000161. The Labute approximate surface area is 133 Å². The Morgan fingerprint density at radius 3 is 2.62 bits per heavy atom. The molecule has 2 aliphatic rings. The van der Waals surface area contributed by atoms with Crippen molar-refractivity contribution in [3.8, 4) is 0 Å². The molecule has 1 aliphatic heterocycles. The molecule has 0 spiro atoms. The van der Waals surface area contributed by atoms with E-state index in [1.165, 1.54) is 43.2 Å². The number of halogens is 1. The molecule has 3 nitrogen and oxygen atoms in total. The van der Waals surface area contributed by atoms with Gasteiger partial charge in [0.2, 0.25) is 5.91 Å². The summed E-state index contributed by atoms with van der Waals surface area (Å²) in [7, 11) is 0. The number of benzene rings is 1. The quantitative estimate of drug-likeness (QED) is 0.901. The van der Waals surface area contributed by atoms with Crippen molar-refractivity contribution < 1.29 is 4.79 Å². The van der Waals surface area contributed by atoms with Crippen molar-refractivity contribution >= 4 is 18.3 Å². The molecule has 2 N–H and O–H groups in total. The lowest BCUT2D eigenvalue weighted by Crippen LogP contribution is -2.48. The molecule has 1 amide bonds. The van der Waals surface area contributed by atoms with Crippen LogP contribution < -0.4 is 10.6 Å². The standard InChI is InChI=1S/C17H24N2O.ClH/c20-17(19-11-13-6-2-1-3-7-13)16-10-14-8-4-5-9-15(14)12-18-16;/h4-5,8-9,13,16,18H,1-3,6-7,10-12H2,(H,19,20);1H. The predicted molar refractivity (Wildman–Crippen MR) is 87.6 cm³/mol. The summed E-state index contributed by atoms with van der Waals surface area (Å²) in [5, 5.41) is 6.50. The summed E-state index contributed by atoms with van der Waals surface area (Å²) in [6, 6.07) is 8.33. The largest absolute Gasteiger partial charge is 0.354 e. The minimum absolute atomic E-state index is 0. The van der Waals surface area contributed by atoms with Crippen LogP contribution in [0.3, 0.4) is 0 Å². The van der Waals surface area contributed by atoms with Gasteiger partial charge < -0.3 is 10.6 Å². The van der Waals surface area contributed by atoms with E-state index in [1.807, 2.05) is 0 Å². The van der Waals surface area contributed by atoms with E-state index in [4.69, 9.17) is 0 Å². The van der Waals surface area contributed by atoms with Gasteiger partial charge in [-0.15, -0.1) is 12.4 Å². The SMILES string of the molecule is Cl.O=C(NCC1CCCCC1)C1Cc2ccccc2CN1. The number of fused-ring (bicyclic) bond motifs is 1. The van der Waals surface area contributed by atoms with E-state index in [1.54, 1.807) is 0 Å². The number of nitrogens with one attached hydrogen (secondary N) is 2. The smallest absolute Gasteiger partial charge is 0.237 e. The molecule has 116 valence electrons. The van der Waals surface area contributed by atoms with E-state index in [0.717, 1.165) is 19.5 Å². The van der Waals surface area contributed by atoms with E-state index in [9.17, 15) is 4.79 Å². The summed E-state index contributed by atoms with van der Waals surface area (Å²) in [5.74, 6) is 0.869. The molecular weight excluding hydrogens is 284 g/mol. The van der Waals surface area contributed by atoms with Gasteiger partial charge in [-0.2, -0.15) is 0 Å². The highest BCUT2D eigenvalue weighted by Gasteiger charge is 2.24. The van der Waals surface area contributed by atoms with Crippen LogP contribution in [0.15, 0.2) is 24.3 Å². The number of carbonyl (C=O) groups is 1. The monoisotopic (exact) mass is 308 g/mol. The number of rotatable bonds is 3. The van der Waals surface area contributed by atoms with Crippen LogP contribution >= 0.6 is 12.4 Å². The van der Waals surface area contributed by atoms with Gasteiger partial charge in [0, 0.05) is 13.1 Å². The first kappa shape index (κ1) is 16.3.